The van der Waals surface area contributed by atoms with Gasteiger partial charge in [0.05, 0.1) is 0 Å². The Balaban J connectivity index is 2.17. The maximum absolute atomic E-state index is 13.1. The van der Waals surface area contributed by atoms with Gasteiger partial charge in [-0.3, -0.25) is 9.59 Å². The maximum Gasteiger partial charge on any atom is 0.303 e. The average molecular weight is 249 g/mol. The van der Waals surface area contributed by atoms with Gasteiger partial charge < -0.3 is 10.1 Å². The molecule has 2 N–H and O–H groups in total. The number of Topliss-reactive ketones (excluding diaryl/α,β-unsaturated/α-hetero) is 1. The Morgan fingerprint density at radius 3 is 2.78 bits per heavy atom. The molecule has 2 rings (SSSR count). The smallest absolute Gasteiger partial charge is 0.303 e. The van der Waals surface area contributed by atoms with Crippen LogP contribution in [0.25, 0.3) is 10.9 Å². The fraction of sp³-hybridized carbons (Fsp3) is 0.231. The molecular formula is C13H12FNO3. The third kappa shape index (κ3) is 2.56. The lowest BCUT2D eigenvalue weighted by Crippen LogP contribution is -2.01. The summed E-state index contributed by atoms with van der Waals surface area (Å²) in [6.07, 6.45) is 1.93. The van der Waals surface area contributed by atoms with Crippen LogP contribution < -0.4 is 0 Å². The molecular weight excluding hydrogens is 237 g/mol. The zero-order valence-corrected chi connectivity index (χ0v) is 9.57. The van der Waals surface area contributed by atoms with Crippen LogP contribution in [0, 0.1) is 5.82 Å². The van der Waals surface area contributed by atoms with E-state index in [4.69, 9.17) is 5.11 Å². The highest BCUT2D eigenvalue weighted by atomic mass is 19.1. The van der Waals surface area contributed by atoms with E-state index >= 15 is 0 Å². The summed E-state index contributed by atoms with van der Waals surface area (Å²) in [5, 5.41) is 9.04. The Bertz CT molecular complexity index is 603. The second kappa shape index (κ2) is 5.00. The van der Waals surface area contributed by atoms with Gasteiger partial charge in [0.1, 0.15) is 5.82 Å². The molecule has 1 aromatic carbocycles. The average Bonchev–Trinajstić information content (AvgIpc) is 2.71. The molecule has 1 aromatic heterocycles. The number of H-pyrrole nitrogens is 1. The minimum Gasteiger partial charge on any atom is -0.481 e. The number of carboxylic acids is 1. The van der Waals surface area contributed by atoms with Crippen LogP contribution >= 0.6 is 0 Å². The lowest BCUT2D eigenvalue weighted by Gasteiger charge is -1.98. The molecule has 1 heterocycles. The van der Waals surface area contributed by atoms with E-state index in [0.717, 1.165) is 0 Å². The van der Waals surface area contributed by atoms with Crippen molar-refractivity contribution >= 4 is 22.7 Å². The summed E-state index contributed by atoms with van der Waals surface area (Å²) in [5.41, 5.74) is 1.10. The van der Waals surface area contributed by atoms with Crippen LogP contribution in [0.1, 0.15) is 29.6 Å². The highest BCUT2D eigenvalue weighted by molar-refractivity contribution is 6.07. The standard InChI is InChI=1S/C13H12FNO3/c14-8-4-5-11-9(6-8)10(7-15-11)12(16)2-1-3-13(17)18/h4-7,15H,1-3H2,(H,17,18). The van der Waals surface area contributed by atoms with Crippen molar-refractivity contribution in [3.05, 3.63) is 35.8 Å². The van der Waals surface area contributed by atoms with Gasteiger partial charge in [-0.05, 0) is 24.6 Å². The lowest BCUT2D eigenvalue weighted by atomic mass is 10.0. The maximum atomic E-state index is 13.1. The Hall–Kier alpha value is -2.17. The van der Waals surface area contributed by atoms with Crippen LogP contribution in [0.4, 0.5) is 4.39 Å². The summed E-state index contributed by atoms with van der Waals surface area (Å²) in [7, 11) is 0. The van der Waals surface area contributed by atoms with Gasteiger partial charge in [0.25, 0.3) is 0 Å². The molecule has 0 amide bonds. The van der Waals surface area contributed by atoms with Gasteiger partial charge in [0.15, 0.2) is 5.78 Å². The number of ketones is 1. The molecule has 0 saturated carbocycles. The summed E-state index contributed by atoms with van der Waals surface area (Å²) in [6, 6.07) is 4.19. The van der Waals surface area contributed by atoms with Crippen molar-refractivity contribution in [3.63, 3.8) is 0 Å². The van der Waals surface area contributed by atoms with Crippen molar-refractivity contribution in [1.82, 2.24) is 4.98 Å². The van der Waals surface area contributed by atoms with Crippen molar-refractivity contribution in [2.24, 2.45) is 0 Å². The zero-order valence-electron chi connectivity index (χ0n) is 9.57. The van der Waals surface area contributed by atoms with E-state index in [1.54, 1.807) is 6.07 Å². The highest BCUT2D eigenvalue weighted by Gasteiger charge is 2.12. The minimum atomic E-state index is -0.923. The number of halogens is 1. The third-order valence-corrected chi connectivity index (χ3v) is 2.74. The molecule has 0 radical (unpaired) electrons. The predicted octanol–water partition coefficient (Wildman–Crippen LogP) is 2.74. The molecule has 94 valence electrons. The first-order chi connectivity index (χ1) is 8.58. The molecule has 2 aromatic rings. The van der Waals surface area contributed by atoms with E-state index in [1.165, 1.54) is 18.3 Å². The minimum absolute atomic E-state index is 0.0392. The van der Waals surface area contributed by atoms with Gasteiger partial charge in [0, 0.05) is 35.5 Å². The van der Waals surface area contributed by atoms with Gasteiger partial charge in [-0.25, -0.2) is 4.39 Å². The van der Waals surface area contributed by atoms with Crippen molar-refractivity contribution in [2.45, 2.75) is 19.3 Å². The van der Waals surface area contributed by atoms with Gasteiger partial charge in [-0.1, -0.05) is 0 Å². The Morgan fingerprint density at radius 2 is 2.06 bits per heavy atom. The molecule has 0 bridgehead atoms. The molecule has 18 heavy (non-hydrogen) atoms. The Labute approximate surface area is 102 Å². The second-order valence-corrected chi connectivity index (χ2v) is 4.06. The summed E-state index contributed by atoms with van der Waals surface area (Å²) in [5.74, 6) is -1.50. The fourth-order valence-electron chi connectivity index (χ4n) is 1.86. The van der Waals surface area contributed by atoms with Crippen LogP contribution in [0.15, 0.2) is 24.4 Å². The fourth-order valence-corrected chi connectivity index (χ4v) is 1.86. The normalized spacial score (nSPS) is 10.7. The number of rotatable bonds is 5. The van der Waals surface area contributed by atoms with Crippen molar-refractivity contribution in [1.29, 1.82) is 0 Å². The zero-order chi connectivity index (χ0) is 13.1. The first-order valence-electron chi connectivity index (χ1n) is 5.59. The molecule has 0 spiro atoms. The molecule has 5 heteroatoms. The van der Waals surface area contributed by atoms with Crippen LogP contribution in [0.5, 0.6) is 0 Å². The van der Waals surface area contributed by atoms with Crippen LogP contribution in [0.2, 0.25) is 0 Å². The van der Waals surface area contributed by atoms with Gasteiger partial charge in [0.2, 0.25) is 0 Å². The number of carbonyl (C=O) groups is 2. The first-order valence-corrected chi connectivity index (χ1v) is 5.59. The number of aromatic nitrogens is 1. The topological polar surface area (TPSA) is 70.2 Å². The predicted molar refractivity (Wildman–Crippen MR) is 64.1 cm³/mol. The van der Waals surface area contributed by atoms with Crippen LogP contribution in [0.3, 0.4) is 0 Å². The number of carboxylic acid groups (broad SMARTS) is 1. The number of hydrogen-bond donors (Lipinski definition) is 2. The molecule has 0 aliphatic rings. The summed E-state index contributed by atoms with van der Waals surface area (Å²) >= 11 is 0. The monoisotopic (exact) mass is 249 g/mol. The number of fused-ring (bicyclic) bond motifs is 1. The van der Waals surface area contributed by atoms with E-state index in [9.17, 15) is 14.0 Å². The number of benzene rings is 1. The van der Waals surface area contributed by atoms with E-state index in [1.807, 2.05) is 0 Å². The molecule has 4 nitrogen and oxygen atoms in total. The highest BCUT2D eigenvalue weighted by Crippen LogP contribution is 2.21. The molecule has 0 atom stereocenters. The molecule has 0 aliphatic carbocycles. The molecule has 0 aliphatic heterocycles. The lowest BCUT2D eigenvalue weighted by molar-refractivity contribution is -0.137. The van der Waals surface area contributed by atoms with E-state index in [2.05, 4.69) is 4.98 Å². The summed E-state index contributed by atoms with van der Waals surface area (Å²) in [4.78, 5) is 25.1. The van der Waals surface area contributed by atoms with E-state index < -0.39 is 11.8 Å². The van der Waals surface area contributed by atoms with Crippen LogP contribution in [-0.4, -0.2) is 21.8 Å². The van der Waals surface area contributed by atoms with Gasteiger partial charge in [-0.15, -0.1) is 0 Å². The van der Waals surface area contributed by atoms with E-state index in [-0.39, 0.29) is 25.0 Å². The molecule has 0 unspecified atom stereocenters. The van der Waals surface area contributed by atoms with Crippen LogP contribution in [-0.2, 0) is 4.79 Å². The number of aromatic amines is 1. The SMILES string of the molecule is O=C(O)CCCC(=O)c1c[nH]c2ccc(F)cc12. The largest absolute Gasteiger partial charge is 0.481 e. The second-order valence-electron chi connectivity index (χ2n) is 4.06. The van der Waals surface area contributed by atoms with Crippen molar-refractivity contribution in [3.8, 4) is 0 Å². The van der Waals surface area contributed by atoms with Crippen molar-refractivity contribution < 1.29 is 19.1 Å². The third-order valence-electron chi connectivity index (χ3n) is 2.74. The molecule has 0 saturated heterocycles. The molecule has 0 fully saturated rings. The summed E-state index contributed by atoms with van der Waals surface area (Å²) < 4.78 is 13.1. The van der Waals surface area contributed by atoms with Crippen molar-refractivity contribution in [2.75, 3.05) is 0 Å². The Morgan fingerprint density at radius 1 is 1.28 bits per heavy atom. The van der Waals surface area contributed by atoms with E-state index in [0.29, 0.717) is 16.5 Å². The number of carbonyl (C=O) groups excluding carboxylic acids is 1. The van der Waals surface area contributed by atoms with Gasteiger partial charge >= 0.3 is 5.97 Å². The number of aliphatic carboxylic acids is 1. The quantitative estimate of drug-likeness (QED) is 0.800. The number of hydrogen-bond acceptors (Lipinski definition) is 2. The number of nitrogens with one attached hydrogen (secondary N) is 1. The Kier molecular flexibility index (Phi) is 3.41. The first kappa shape index (κ1) is 12.3. The van der Waals surface area contributed by atoms with Gasteiger partial charge in [-0.2, -0.15) is 0 Å². The summed E-state index contributed by atoms with van der Waals surface area (Å²) in [6.45, 7) is 0.